The lowest BCUT2D eigenvalue weighted by Crippen LogP contribution is -2.25. The van der Waals surface area contributed by atoms with Gasteiger partial charge in [0, 0.05) is 16.7 Å². The fourth-order valence-electron chi connectivity index (χ4n) is 1.38. The molecular weight excluding hydrogens is 230 g/mol. The molecule has 3 heteroatoms. The molecule has 0 radical (unpaired) electrons. The van der Waals surface area contributed by atoms with E-state index in [2.05, 4.69) is 36.5 Å². The minimum absolute atomic E-state index is 0.363. The zero-order valence-electron chi connectivity index (χ0n) is 11.2. The van der Waals surface area contributed by atoms with Gasteiger partial charge in [0.25, 0.3) is 0 Å². The maximum atomic E-state index is 9.98. The van der Waals surface area contributed by atoms with Crippen LogP contribution in [0.25, 0.3) is 0 Å². The summed E-state index contributed by atoms with van der Waals surface area (Å²) in [5.41, 5.74) is 0.712. The molecular formula is C14H23NOS. The van der Waals surface area contributed by atoms with Gasteiger partial charge in [-0.25, -0.2) is 0 Å². The fraction of sp³-hybridized carbons (Fsp3) is 0.571. The summed E-state index contributed by atoms with van der Waals surface area (Å²) in [6.45, 7) is 6.05. The maximum absolute atomic E-state index is 9.98. The summed E-state index contributed by atoms with van der Waals surface area (Å²) in [6.07, 6.45) is 0.784. The molecule has 0 aromatic heterocycles. The van der Waals surface area contributed by atoms with Crippen LogP contribution in [-0.2, 0) is 0 Å². The summed E-state index contributed by atoms with van der Waals surface area (Å²) >= 11 is 1.72. The van der Waals surface area contributed by atoms with Crippen molar-refractivity contribution in [3.63, 3.8) is 0 Å². The SMILES string of the molecule is CCC(C)(O)CSc1cccc(C(C)NC)c1. The van der Waals surface area contributed by atoms with E-state index in [1.807, 2.05) is 20.9 Å². The molecule has 1 aromatic rings. The van der Waals surface area contributed by atoms with Crippen molar-refractivity contribution in [2.75, 3.05) is 12.8 Å². The number of hydrogen-bond donors (Lipinski definition) is 2. The minimum Gasteiger partial charge on any atom is -0.389 e. The summed E-state index contributed by atoms with van der Waals surface area (Å²) in [6, 6.07) is 8.86. The van der Waals surface area contributed by atoms with Crippen LogP contribution in [-0.4, -0.2) is 23.5 Å². The number of hydrogen-bond acceptors (Lipinski definition) is 3. The van der Waals surface area contributed by atoms with Crippen LogP contribution in [0.1, 0.15) is 38.8 Å². The third-order valence-corrected chi connectivity index (χ3v) is 4.46. The Hall–Kier alpha value is -0.510. The zero-order chi connectivity index (χ0) is 12.9. The molecule has 0 fully saturated rings. The maximum Gasteiger partial charge on any atom is 0.0710 e. The van der Waals surface area contributed by atoms with Crippen molar-refractivity contribution in [1.29, 1.82) is 0 Å². The fourth-order valence-corrected chi connectivity index (χ4v) is 2.46. The molecule has 2 unspecified atom stereocenters. The Morgan fingerprint density at radius 1 is 1.47 bits per heavy atom. The number of benzene rings is 1. The second-order valence-corrected chi connectivity index (χ2v) is 5.77. The largest absolute Gasteiger partial charge is 0.389 e. The number of nitrogens with one attached hydrogen (secondary N) is 1. The first-order valence-corrected chi connectivity index (χ1v) is 7.09. The van der Waals surface area contributed by atoms with Crippen LogP contribution in [0.2, 0.25) is 0 Å². The Bertz CT molecular complexity index is 352. The van der Waals surface area contributed by atoms with Gasteiger partial charge in [-0.1, -0.05) is 19.1 Å². The van der Waals surface area contributed by atoms with Gasteiger partial charge in [0.15, 0.2) is 0 Å². The van der Waals surface area contributed by atoms with Gasteiger partial charge >= 0.3 is 0 Å². The first kappa shape index (κ1) is 14.6. The summed E-state index contributed by atoms with van der Waals surface area (Å²) in [5.74, 6) is 0.737. The van der Waals surface area contributed by atoms with Gasteiger partial charge in [0.05, 0.1) is 5.60 Å². The first-order valence-electron chi connectivity index (χ1n) is 6.11. The molecule has 0 spiro atoms. The number of thioether (sulfide) groups is 1. The molecule has 0 aliphatic carbocycles. The molecule has 0 amide bonds. The van der Waals surface area contributed by atoms with Crippen LogP contribution < -0.4 is 5.32 Å². The van der Waals surface area contributed by atoms with Crippen LogP contribution >= 0.6 is 11.8 Å². The van der Waals surface area contributed by atoms with Crippen molar-refractivity contribution in [3.05, 3.63) is 29.8 Å². The summed E-state index contributed by atoms with van der Waals surface area (Å²) in [5, 5.41) is 13.2. The van der Waals surface area contributed by atoms with E-state index in [-0.39, 0.29) is 0 Å². The second-order valence-electron chi connectivity index (χ2n) is 4.72. The van der Waals surface area contributed by atoms with Crippen molar-refractivity contribution < 1.29 is 5.11 Å². The molecule has 2 N–H and O–H groups in total. The van der Waals surface area contributed by atoms with E-state index < -0.39 is 5.60 Å². The lowest BCUT2D eigenvalue weighted by atomic mass is 10.1. The predicted octanol–water partition coefficient (Wildman–Crippen LogP) is 3.22. The Morgan fingerprint density at radius 3 is 2.76 bits per heavy atom. The van der Waals surface area contributed by atoms with Gasteiger partial charge in [0.2, 0.25) is 0 Å². The zero-order valence-corrected chi connectivity index (χ0v) is 12.0. The van der Waals surface area contributed by atoms with Crippen LogP contribution in [0.5, 0.6) is 0 Å². The van der Waals surface area contributed by atoms with E-state index in [1.165, 1.54) is 10.5 Å². The molecule has 2 nitrogen and oxygen atoms in total. The van der Waals surface area contributed by atoms with E-state index >= 15 is 0 Å². The highest BCUT2D eigenvalue weighted by Crippen LogP contribution is 2.26. The molecule has 1 rings (SSSR count). The molecule has 0 bridgehead atoms. The van der Waals surface area contributed by atoms with Crippen molar-refractivity contribution >= 4 is 11.8 Å². The van der Waals surface area contributed by atoms with E-state index in [0.717, 1.165) is 12.2 Å². The van der Waals surface area contributed by atoms with Crippen molar-refractivity contribution in [1.82, 2.24) is 5.32 Å². The van der Waals surface area contributed by atoms with E-state index in [4.69, 9.17) is 0 Å². The van der Waals surface area contributed by atoms with E-state index in [0.29, 0.717) is 6.04 Å². The van der Waals surface area contributed by atoms with Crippen LogP contribution in [0.15, 0.2) is 29.2 Å². The standard InChI is InChI=1S/C14H23NOS/c1-5-14(3,16)10-17-13-8-6-7-12(9-13)11(2)15-4/h6-9,11,15-16H,5,10H2,1-4H3. The normalized spacial score (nSPS) is 16.5. The number of aliphatic hydroxyl groups is 1. The van der Waals surface area contributed by atoms with Crippen LogP contribution in [0, 0.1) is 0 Å². The second kappa shape index (κ2) is 6.43. The molecule has 0 saturated heterocycles. The van der Waals surface area contributed by atoms with Gasteiger partial charge in [-0.05, 0) is 45.0 Å². The van der Waals surface area contributed by atoms with E-state index in [9.17, 15) is 5.11 Å². The Balaban J connectivity index is 2.66. The quantitative estimate of drug-likeness (QED) is 0.764. The van der Waals surface area contributed by atoms with Crippen LogP contribution in [0.4, 0.5) is 0 Å². The summed E-state index contributed by atoms with van der Waals surface area (Å²) in [7, 11) is 1.96. The van der Waals surface area contributed by atoms with Gasteiger partial charge in [-0.15, -0.1) is 11.8 Å². The average Bonchev–Trinajstić information content (AvgIpc) is 2.36. The highest BCUT2D eigenvalue weighted by molar-refractivity contribution is 7.99. The highest BCUT2D eigenvalue weighted by Gasteiger charge is 2.17. The Kier molecular flexibility index (Phi) is 5.50. The Labute approximate surface area is 109 Å². The third kappa shape index (κ3) is 4.70. The van der Waals surface area contributed by atoms with Crippen molar-refractivity contribution in [3.8, 4) is 0 Å². The summed E-state index contributed by atoms with van der Waals surface area (Å²) in [4.78, 5) is 1.22. The Morgan fingerprint density at radius 2 is 2.18 bits per heavy atom. The van der Waals surface area contributed by atoms with Crippen molar-refractivity contribution in [2.24, 2.45) is 0 Å². The van der Waals surface area contributed by atoms with Crippen molar-refractivity contribution in [2.45, 2.75) is 43.7 Å². The molecule has 0 aliphatic rings. The lowest BCUT2D eigenvalue weighted by molar-refractivity contribution is 0.0816. The monoisotopic (exact) mass is 253 g/mol. The summed E-state index contributed by atoms with van der Waals surface area (Å²) < 4.78 is 0. The topological polar surface area (TPSA) is 32.3 Å². The molecule has 0 aliphatic heterocycles. The third-order valence-electron chi connectivity index (χ3n) is 3.10. The average molecular weight is 253 g/mol. The molecule has 96 valence electrons. The van der Waals surface area contributed by atoms with Gasteiger partial charge in [-0.3, -0.25) is 0 Å². The molecule has 0 heterocycles. The molecule has 0 saturated carbocycles. The smallest absolute Gasteiger partial charge is 0.0710 e. The van der Waals surface area contributed by atoms with E-state index in [1.54, 1.807) is 11.8 Å². The van der Waals surface area contributed by atoms with Gasteiger partial charge < -0.3 is 10.4 Å². The predicted molar refractivity (Wildman–Crippen MR) is 75.6 cm³/mol. The number of rotatable bonds is 6. The van der Waals surface area contributed by atoms with Gasteiger partial charge in [-0.2, -0.15) is 0 Å². The lowest BCUT2D eigenvalue weighted by Gasteiger charge is -2.20. The molecule has 1 aromatic carbocycles. The molecule has 2 atom stereocenters. The van der Waals surface area contributed by atoms with Gasteiger partial charge in [0.1, 0.15) is 0 Å². The molecule has 17 heavy (non-hydrogen) atoms. The highest BCUT2D eigenvalue weighted by atomic mass is 32.2. The van der Waals surface area contributed by atoms with Crippen LogP contribution in [0.3, 0.4) is 0 Å². The first-order chi connectivity index (χ1) is 7.98. The minimum atomic E-state index is -0.574.